The molecule has 0 aliphatic heterocycles. The Morgan fingerprint density at radius 3 is 2.62 bits per heavy atom. The molecule has 1 aromatic heterocycles. The molecule has 0 aliphatic carbocycles. The van der Waals surface area contributed by atoms with Crippen LogP contribution >= 0.6 is 15.9 Å². The molecule has 0 N–H and O–H groups in total. The van der Waals surface area contributed by atoms with Crippen LogP contribution in [0.5, 0.6) is 0 Å². The molecule has 68 valence electrons. The number of hydrogen-bond donors (Lipinski definition) is 0. The van der Waals surface area contributed by atoms with Crippen molar-refractivity contribution in [3.8, 4) is 6.07 Å². The number of rotatable bonds is 1. The molecule has 13 heavy (non-hydrogen) atoms. The van der Waals surface area contributed by atoms with E-state index < -0.39 is 18.1 Å². The first-order chi connectivity index (χ1) is 6.06. The second-order valence-corrected chi connectivity index (χ2v) is 2.96. The van der Waals surface area contributed by atoms with Crippen LogP contribution in [-0.2, 0) is 0 Å². The fourth-order valence-electron chi connectivity index (χ4n) is 0.711. The fraction of sp³-hybridized carbons (Fsp3) is 0.143. The molecular weight excluding hydrogens is 249 g/mol. The van der Waals surface area contributed by atoms with Gasteiger partial charge in [-0.2, -0.15) is 9.65 Å². The van der Waals surface area contributed by atoms with Gasteiger partial charge in [0, 0.05) is 4.47 Å². The van der Waals surface area contributed by atoms with Crippen molar-refractivity contribution in [1.29, 1.82) is 5.26 Å². The topological polar surface area (TPSA) is 36.7 Å². The third-order valence-electron chi connectivity index (χ3n) is 1.28. The molecular formula is C7H2BrF3N2. The minimum Gasteiger partial charge on any atom is -0.216 e. The molecule has 0 radical (unpaired) electrons. The van der Waals surface area contributed by atoms with Gasteiger partial charge in [-0.25, -0.2) is 13.8 Å². The van der Waals surface area contributed by atoms with Crippen molar-refractivity contribution in [1.82, 2.24) is 4.98 Å². The van der Waals surface area contributed by atoms with E-state index in [-0.39, 0.29) is 10.0 Å². The minimum atomic E-state index is -2.86. The van der Waals surface area contributed by atoms with Crippen LogP contribution in [0.25, 0.3) is 0 Å². The molecule has 0 atom stereocenters. The maximum atomic E-state index is 12.7. The van der Waals surface area contributed by atoms with E-state index in [2.05, 4.69) is 20.9 Å². The lowest BCUT2D eigenvalue weighted by Gasteiger charge is -2.02. The van der Waals surface area contributed by atoms with Gasteiger partial charge in [0.05, 0.1) is 0 Å². The second-order valence-electron chi connectivity index (χ2n) is 2.11. The molecule has 0 unspecified atom stereocenters. The maximum Gasteiger partial charge on any atom is 0.281 e. The summed E-state index contributed by atoms with van der Waals surface area (Å²) in [6.07, 6.45) is -2.86. The largest absolute Gasteiger partial charge is 0.281 e. The van der Waals surface area contributed by atoms with Crippen LogP contribution in [0.4, 0.5) is 13.2 Å². The monoisotopic (exact) mass is 250 g/mol. The van der Waals surface area contributed by atoms with E-state index in [1.54, 1.807) is 0 Å². The lowest BCUT2D eigenvalue weighted by atomic mass is 10.2. The fourth-order valence-corrected chi connectivity index (χ4v) is 1.20. The molecule has 6 heteroatoms. The van der Waals surface area contributed by atoms with Crippen molar-refractivity contribution in [3.05, 3.63) is 27.7 Å². The van der Waals surface area contributed by atoms with Gasteiger partial charge in [0.15, 0.2) is 0 Å². The lowest BCUT2D eigenvalue weighted by Crippen LogP contribution is -1.98. The van der Waals surface area contributed by atoms with Crippen LogP contribution in [0.2, 0.25) is 0 Å². The Labute approximate surface area is 80.1 Å². The maximum absolute atomic E-state index is 12.7. The molecule has 0 saturated heterocycles. The van der Waals surface area contributed by atoms with Crippen molar-refractivity contribution in [2.24, 2.45) is 0 Å². The number of nitriles is 1. The van der Waals surface area contributed by atoms with Crippen molar-refractivity contribution < 1.29 is 13.2 Å². The van der Waals surface area contributed by atoms with Crippen LogP contribution in [0.15, 0.2) is 10.5 Å². The Morgan fingerprint density at radius 2 is 2.15 bits per heavy atom. The Balaban J connectivity index is 3.31. The average molecular weight is 251 g/mol. The molecule has 0 fully saturated rings. The summed E-state index contributed by atoms with van der Waals surface area (Å²) in [4.78, 5) is 2.96. The number of halogens is 4. The number of pyridine rings is 1. The van der Waals surface area contributed by atoms with Gasteiger partial charge in [-0.15, -0.1) is 0 Å². The van der Waals surface area contributed by atoms with Gasteiger partial charge >= 0.3 is 0 Å². The highest BCUT2D eigenvalue weighted by atomic mass is 79.9. The van der Waals surface area contributed by atoms with Gasteiger partial charge in [-0.05, 0) is 22.0 Å². The highest BCUT2D eigenvalue weighted by molar-refractivity contribution is 9.10. The van der Waals surface area contributed by atoms with Gasteiger partial charge in [0.2, 0.25) is 5.95 Å². The zero-order chi connectivity index (χ0) is 10.0. The van der Waals surface area contributed by atoms with Crippen LogP contribution < -0.4 is 0 Å². The van der Waals surface area contributed by atoms with Crippen molar-refractivity contribution in [2.45, 2.75) is 6.43 Å². The van der Waals surface area contributed by atoms with E-state index in [0.29, 0.717) is 0 Å². The van der Waals surface area contributed by atoms with Gasteiger partial charge in [0.1, 0.15) is 17.3 Å². The Bertz CT molecular complexity index is 373. The summed E-state index contributed by atoms with van der Waals surface area (Å²) < 4.78 is 36.8. The second kappa shape index (κ2) is 3.75. The van der Waals surface area contributed by atoms with Crippen LogP contribution in [0, 0.1) is 17.3 Å². The first-order valence-corrected chi connectivity index (χ1v) is 3.89. The first kappa shape index (κ1) is 9.99. The Morgan fingerprint density at radius 1 is 1.54 bits per heavy atom. The number of nitrogens with zero attached hydrogens (tertiary/aromatic N) is 2. The van der Waals surface area contributed by atoms with E-state index >= 15 is 0 Å². The van der Waals surface area contributed by atoms with E-state index in [1.165, 1.54) is 6.07 Å². The number of alkyl halides is 2. The molecule has 0 amide bonds. The molecule has 1 aromatic rings. The van der Waals surface area contributed by atoms with Crippen LogP contribution in [-0.4, -0.2) is 4.98 Å². The van der Waals surface area contributed by atoms with Gasteiger partial charge < -0.3 is 0 Å². The molecule has 0 aliphatic rings. The Kier molecular flexibility index (Phi) is 2.88. The summed E-state index contributed by atoms with van der Waals surface area (Å²) in [6.45, 7) is 0. The predicted molar refractivity (Wildman–Crippen MR) is 41.6 cm³/mol. The first-order valence-electron chi connectivity index (χ1n) is 3.10. The van der Waals surface area contributed by atoms with Crippen molar-refractivity contribution >= 4 is 15.9 Å². The van der Waals surface area contributed by atoms with Gasteiger partial charge in [-0.3, -0.25) is 0 Å². The highest BCUT2D eigenvalue weighted by Gasteiger charge is 2.17. The van der Waals surface area contributed by atoms with Gasteiger partial charge in [-0.1, -0.05) is 0 Å². The van der Waals surface area contributed by atoms with E-state index in [4.69, 9.17) is 5.26 Å². The summed E-state index contributed by atoms with van der Waals surface area (Å²) in [6, 6.07) is 2.47. The smallest absolute Gasteiger partial charge is 0.216 e. The lowest BCUT2D eigenvalue weighted by molar-refractivity contribution is 0.144. The van der Waals surface area contributed by atoms with E-state index in [1.807, 2.05) is 0 Å². The van der Waals surface area contributed by atoms with Crippen LogP contribution in [0.3, 0.4) is 0 Å². The molecule has 0 saturated carbocycles. The summed E-state index contributed by atoms with van der Waals surface area (Å²) in [5, 5.41) is 8.33. The standard InChI is InChI=1S/C7H2BrF3N2/c8-4-1-3(2-12)7(11)13-5(4)6(9)10/h1,6H. The van der Waals surface area contributed by atoms with Crippen molar-refractivity contribution in [2.75, 3.05) is 0 Å². The average Bonchev–Trinajstić information content (AvgIpc) is 2.07. The summed E-state index contributed by atoms with van der Waals surface area (Å²) in [5.41, 5.74) is -1.06. The van der Waals surface area contributed by atoms with Crippen LogP contribution in [0.1, 0.15) is 17.7 Å². The SMILES string of the molecule is N#Cc1cc(Br)c(C(F)F)nc1F. The van der Waals surface area contributed by atoms with Gasteiger partial charge in [0.25, 0.3) is 6.43 Å². The normalized spacial score (nSPS) is 10.2. The van der Waals surface area contributed by atoms with Crippen molar-refractivity contribution in [3.63, 3.8) is 0 Å². The molecule has 1 heterocycles. The van der Waals surface area contributed by atoms with E-state index in [9.17, 15) is 13.2 Å². The third kappa shape index (κ3) is 1.98. The predicted octanol–water partition coefficient (Wildman–Crippen LogP) is 2.79. The molecule has 0 bridgehead atoms. The number of aromatic nitrogens is 1. The highest BCUT2D eigenvalue weighted by Crippen LogP contribution is 2.26. The Hall–Kier alpha value is -1.09. The molecule has 0 aromatic carbocycles. The minimum absolute atomic E-state index is 0.0690. The molecule has 1 rings (SSSR count). The number of hydrogen-bond acceptors (Lipinski definition) is 2. The summed E-state index contributed by atoms with van der Waals surface area (Å²) >= 11 is 2.76. The van der Waals surface area contributed by atoms with E-state index in [0.717, 1.165) is 6.07 Å². The summed E-state index contributed by atoms with van der Waals surface area (Å²) in [7, 11) is 0. The zero-order valence-electron chi connectivity index (χ0n) is 6.06. The quantitative estimate of drug-likeness (QED) is 0.719. The zero-order valence-corrected chi connectivity index (χ0v) is 7.65. The molecule has 0 spiro atoms. The molecule has 2 nitrogen and oxygen atoms in total. The third-order valence-corrected chi connectivity index (χ3v) is 1.92. The summed E-state index contributed by atoms with van der Waals surface area (Å²) in [5.74, 6) is -1.18.